The summed E-state index contributed by atoms with van der Waals surface area (Å²) in [5, 5.41) is 0. The van der Waals surface area contributed by atoms with Gasteiger partial charge in [-0.2, -0.15) is 0 Å². The summed E-state index contributed by atoms with van der Waals surface area (Å²) in [7, 11) is 0. The van der Waals surface area contributed by atoms with Gasteiger partial charge in [-0.05, 0) is 0 Å². The van der Waals surface area contributed by atoms with Crippen molar-refractivity contribution in [2.24, 2.45) is 4.99 Å². The molecule has 1 unspecified atom stereocenters. The highest BCUT2D eigenvalue weighted by molar-refractivity contribution is 7.99. The van der Waals surface area contributed by atoms with E-state index in [1.165, 1.54) is 22.2 Å². The van der Waals surface area contributed by atoms with Gasteiger partial charge in [0.2, 0.25) is 0 Å². The lowest BCUT2D eigenvalue weighted by atomic mass is 10.5. The zero-order valence-corrected chi connectivity index (χ0v) is 5.24. The number of hydrogen-bond donors (Lipinski definition) is 1. The summed E-state index contributed by atoms with van der Waals surface area (Å²) in [6, 6.07) is 0. The van der Waals surface area contributed by atoms with E-state index in [4.69, 9.17) is 0 Å². The van der Waals surface area contributed by atoms with Crippen molar-refractivity contribution in [2.45, 2.75) is 0 Å². The van der Waals surface area contributed by atoms with Crippen LogP contribution in [0.3, 0.4) is 0 Å². The van der Waals surface area contributed by atoms with Gasteiger partial charge in [-0.25, -0.2) is 4.99 Å². The number of aliphatic imine (C=N–C) groups is 1. The molecule has 0 aliphatic carbocycles. The molecule has 0 radical (unpaired) electrons. The number of fused-ring (bicyclic) bond motifs is 1. The Morgan fingerprint density at radius 3 is 3.62 bits per heavy atom. The molecule has 2 rings (SSSR count). The van der Waals surface area contributed by atoms with Crippen LogP contribution in [0, 0.1) is 0 Å². The van der Waals surface area contributed by atoms with Crippen LogP contribution in [0.25, 0.3) is 0 Å². The summed E-state index contributed by atoms with van der Waals surface area (Å²) in [4.78, 5) is 5.47. The van der Waals surface area contributed by atoms with Crippen LogP contribution < -0.4 is 4.90 Å². The first-order valence-corrected chi connectivity index (χ1v) is 3.78. The van der Waals surface area contributed by atoms with Crippen molar-refractivity contribution in [1.29, 1.82) is 0 Å². The quantitative estimate of drug-likeness (QED) is 0.462. The maximum atomic E-state index is 4.03. The normalized spacial score (nSPS) is 33.0. The van der Waals surface area contributed by atoms with Gasteiger partial charge < -0.3 is 0 Å². The Labute approximate surface area is 52.3 Å². The summed E-state index contributed by atoms with van der Waals surface area (Å²) in [6.07, 6.45) is 3.94. The Bertz CT molecular complexity index is 162. The monoisotopic (exact) mass is 127 g/mol. The number of rotatable bonds is 0. The largest absolute Gasteiger partial charge is 0.253 e. The molecule has 0 saturated carbocycles. The fraction of sp³-hybridized carbons (Fsp3) is 0.400. The molecule has 0 aromatic carbocycles. The Hall–Kier alpha value is -0.280. The standard InChI is InChI=1S/C5H6N2S/c1-5-2-8-4-7(5)3-6-1/h1,3H,2,4H2/p+1. The van der Waals surface area contributed by atoms with Crippen molar-refractivity contribution >= 4 is 18.1 Å². The van der Waals surface area contributed by atoms with E-state index < -0.39 is 0 Å². The van der Waals surface area contributed by atoms with Crippen molar-refractivity contribution in [1.82, 2.24) is 0 Å². The summed E-state index contributed by atoms with van der Waals surface area (Å²) >= 11 is 1.97. The van der Waals surface area contributed by atoms with E-state index in [2.05, 4.69) is 4.99 Å². The van der Waals surface area contributed by atoms with Gasteiger partial charge in [0.1, 0.15) is 11.6 Å². The molecule has 3 heteroatoms. The topological polar surface area (TPSA) is 16.8 Å². The number of thioether (sulfide) groups is 1. The van der Waals surface area contributed by atoms with Gasteiger partial charge in [-0.3, -0.25) is 4.90 Å². The molecule has 2 heterocycles. The van der Waals surface area contributed by atoms with Crippen LogP contribution in [0.2, 0.25) is 0 Å². The third kappa shape index (κ3) is 0.516. The van der Waals surface area contributed by atoms with Gasteiger partial charge in [0.05, 0.1) is 12.0 Å². The number of nitrogens with zero attached hydrogens (tertiary/aromatic N) is 1. The van der Waals surface area contributed by atoms with Crippen molar-refractivity contribution in [3.8, 4) is 0 Å². The van der Waals surface area contributed by atoms with Crippen molar-refractivity contribution in [3.63, 3.8) is 0 Å². The third-order valence-corrected chi connectivity index (χ3v) is 2.42. The van der Waals surface area contributed by atoms with Crippen LogP contribution in [0.1, 0.15) is 0 Å². The van der Waals surface area contributed by atoms with E-state index >= 15 is 0 Å². The summed E-state index contributed by atoms with van der Waals surface area (Å²) in [5.41, 5.74) is 1.44. The van der Waals surface area contributed by atoms with Crippen molar-refractivity contribution in [3.05, 3.63) is 11.9 Å². The molecule has 2 aliphatic rings. The molecule has 0 aromatic heterocycles. The van der Waals surface area contributed by atoms with E-state index in [0.717, 1.165) is 0 Å². The Morgan fingerprint density at radius 2 is 2.75 bits per heavy atom. The molecule has 1 atom stereocenters. The highest BCUT2D eigenvalue weighted by atomic mass is 32.2. The second-order valence-corrected chi connectivity index (χ2v) is 2.94. The number of quaternary nitrogens is 1. The highest BCUT2D eigenvalue weighted by Gasteiger charge is 2.24. The molecule has 0 spiro atoms. The maximum absolute atomic E-state index is 4.03. The van der Waals surface area contributed by atoms with E-state index in [-0.39, 0.29) is 0 Å². The zero-order chi connectivity index (χ0) is 5.40. The maximum Gasteiger partial charge on any atom is 0.194 e. The van der Waals surface area contributed by atoms with Gasteiger partial charge in [0.25, 0.3) is 0 Å². The molecule has 42 valence electrons. The lowest BCUT2D eigenvalue weighted by molar-refractivity contribution is -0.730. The van der Waals surface area contributed by atoms with E-state index in [9.17, 15) is 0 Å². The van der Waals surface area contributed by atoms with Gasteiger partial charge in [-0.15, -0.1) is 0 Å². The predicted molar refractivity (Wildman–Crippen MR) is 34.9 cm³/mol. The van der Waals surface area contributed by atoms with E-state index in [0.29, 0.717) is 0 Å². The van der Waals surface area contributed by atoms with Gasteiger partial charge in [0, 0.05) is 0 Å². The minimum absolute atomic E-state index is 1.18. The third-order valence-electron chi connectivity index (χ3n) is 1.39. The zero-order valence-electron chi connectivity index (χ0n) is 4.42. The average molecular weight is 127 g/mol. The minimum Gasteiger partial charge on any atom is -0.253 e. The number of hydrogen-bond acceptors (Lipinski definition) is 2. The Morgan fingerprint density at radius 1 is 1.75 bits per heavy atom. The molecule has 1 saturated heterocycles. The number of nitrogens with one attached hydrogen (secondary N) is 1. The highest BCUT2D eigenvalue weighted by Crippen LogP contribution is 2.08. The Kier molecular flexibility index (Phi) is 0.917. The van der Waals surface area contributed by atoms with Gasteiger partial charge in [0.15, 0.2) is 6.34 Å². The SMILES string of the molecule is C1=NC=C2CSC[NH+]12. The van der Waals surface area contributed by atoms with Crippen LogP contribution >= 0.6 is 11.8 Å². The Balaban J connectivity index is 2.29. The second-order valence-electron chi connectivity index (χ2n) is 1.95. The van der Waals surface area contributed by atoms with Crippen molar-refractivity contribution < 1.29 is 4.90 Å². The van der Waals surface area contributed by atoms with Crippen LogP contribution in [0.4, 0.5) is 0 Å². The molecular weight excluding hydrogens is 120 g/mol. The molecule has 0 bridgehead atoms. The predicted octanol–water partition coefficient (Wildman–Crippen LogP) is -0.541. The lowest BCUT2D eigenvalue weighted by Crippen LogP contribution is -3.06. The minimum atomic E-state index is 1.18. The summed E-state index contributed by atoms with van der Waals surface area (Å²) in [5.74, 6) is 2.35. The smallest absolute Gasteiger partial charge is 0.194 e. The van der Waals surface area contributed by atoms with E-state index in [1.807, 2.05) is 24.3 Å². The fourth-order valence-electron chi connectivity index (χ4n) is 0.914. The molecular formula is C5H7N2S+. The summed E-state index contributed by atoms with van der Waals surface area (Å²) < 4.78 is 0. The molecule has 0 aromatic rings. The van der Waals surface area contributed by atoms with Crippen LogP contribution in [0.5, 0.6) is 0 Å². The average Bonchev–Trinajstić information content (AvgIpc) is 2.15. The van der Waals surface area contributed by atoms with Gasteiger partial charge >= 0.3 is 0 Å². The molecule has 2 aliphatic heterocycles. The first kappa shape index (κ1) is 4.58. The molecule has 0 amide bonds. The molecule has 2 nitrogen and oxygen atoms in total. The first-order chi connectivity index (χ1) is 3.97. The lowest BCUT2D eigenvalue weighted by Gasteiger charge is -1.96. The van der Waals surface area contributed by atoms with Gasteiger partial charge in [-0.1, -0.05) is 11.8 Å². The second kappa shape index (κ2) is 1.60. The van der Waals surface area contributed by atoms with E-state index in [1.54, 1.807) is 0 Å². The first-order valence-electron chi connectivity index (χ1n) is 2.63. The van der Waals surface area contributed by atoms with Crippen LogP contribution in [-0.4, -0.2) is 18.0 Å². The molecule has 1 N–H and O–H groups in total. The molecule has 1 fully saturated rings. The summed E-state index contributed by atoms with van der Waals surface area (Å²) in [6.45, 7) is 0. The van der Waals surface area contributed by atoms with Crippen LogP contribution in [-0.2, 0) is 0 Å². The van der Waals surface area contributed by atoms with Crippen molar-refractivity contribution in [2.75, 3.05) is 11.6 Å². The van der Waals surface area contributed by atoms with Crippen LogP contribution in [0.15, 0.2) is 16.9 Å². The molecule has 8 heavy (non-hydrogen) atoms. The fourth-order valence-corrected chi connectivity index (χ4v) is 1.98.